The Bertz CT molecular complexity index is 361. The Morgan fingerprint density at radius 1 is 1.10 bits per heavy atom. The van der Waals surface area contributed by atoms with Gasteiger partial charge in [0.25, 0.3) is 0 Å². The number of rotatable bonds is 10. The first-order chi connectivity index (χ1) is 10.0. The molecule has 0 bridgehead atoms. The second kappa shape index (κ2) is 9.91. The third-order valence-electron chi connectivity index (χ3n) is 3.27. The number of aromatic nitrogens is 1. The van der Waals surface area contributed by atoms with Crippen LogP contribution in [0.25, 0.3) is 0 Å². The number of hydrogen-bond acceptors (Lipinski definition) is 3. The van der Waals surface area contributed by atoms with Crippen molar-refractivity contribution in [3.63, 3.8) is 0 Å². The summed E-state index contributed by atoms with van der Waals surface area (Å²) < 4.78 is 0. The van der Waals surface area contributed by atoms with Crippen molar-refractivity contribution in [2.24, 2.45) is 11.8 Å². The predicted molar refractivity (Wildman–Crippen MR) is 91.2 cm³/mol. The molecule has 0 saturated heterocycles. The van der Waals surface area contributed by atoms with Gasteiger partial charge in [-0.15, -0.1) is 0 Å². The normalized spacial score (nSPS) is 11.8. The lowest BCUT2D eigenvalue weighted by Crippen LogP contribution is -2.31. The van der Waals surface area contributed by atoms with E-state index >= 15 is 0 Å². The van der Waals surface area contributed by atoms with Crippen LogP contribution in [0.2, 0.25) is 0 Å². The first-order valence-corrected chi connectivity index (χ1v) is 8.38. The van der Waals surface area contributed by atoms with Gasteiger partial charge in [-0.3, -0.25) is 9.88 Å². The molecule has 0 aliphatic rings. The van der Waals surface area contributed by atoms with Crippen molar-refractivity contribution in [1.29, 1.82) is 0 Å². The van der Waals surface area contributed by atoms with Crippen LogP contribution in [0.3, 0.4) is 0 Å². The van der Waals surface area contributed by atoms with Crippen LogP contribution in [0.5, 0.6) is 0 Å². The third kappa shape index (κ3) is 8.18. The van der Waals surface area contributed by atoms with Crippen LogP contribution in [0, 0.1) is 11.8 Å². The predicted octanol–water partition coefficient (Wildman–Crippen LogP) is 3.70. The standard InChI is InChI=1S/C18H33N3/c1-6-9-19-10-17-7-8-18(20-11-17)14-21(12-15(2)3)13-16(4)5/h7-8,11,15-16,19H,6,9-10,12-14H2,1-5H3. The molecule has 1 aromatic heterocycles. The maximum absolute atomic E-state index is 4.63. The van der Waals surface area contributed by atoms with Gasteiger partial charge in [0.2, 0.25) is 0 Å². The van der Waals surface area contributed by atoms with Crippen LogP contribution < -0.4 is 5.32 Å². The van der Waals surface area contributed by atoms with Crippen LogP contribution in [-0.2, 0) is 13.1 Å². The highest BCUT2D eigenvalue weighted by Crippen LogP contribution is 2.09. The van der Waals surface area contributed by atoms with Gasteiger partial charge in [0.15, 0.2) is 0 Å². The molecule has 0 aliphatic carbocycles. The molecule has 0 atom stereocenters. The van der Waals surface area contributed by atoms with E-state index < -0.39 is 0 Å². The highest BCUT2D eigenvalue weighted by atomic mass is 15.1. The summed E-state index contributed by atoms with van der Waals surface area (Å²) in [4.78, 5) is 7.15. The summed E-state index contributed by atoms with van der Waals surface area (Å²) in [6.45, 7) is 16.5. The Morgan fingerprint density at radius 3 is 2.24 bits per heavy atom. The van der Waals surface area contributed by atoms with Crippen LogP contribution in [0.4, 0.5) is 0 Å². The summed E-state index contributed by atoms with van der Waals surface area (Å²) in [5.41, 5.74) is 2.45. The second-order valence-electron chi connectivity index (χ2n) is 6.82. The zero-order chi connectivity index (χ0) is 15.7. The Hall–Kier alpha value is -0.930. The number of nitrogens with one attached hydrogen (secondary N) is 1. The van der Waals surface area contributed by atoms with Gasteiger partial charge in [0, 0.05) is 32.4 Å². The lowest BCUT2D eigenvalue weighted by atomic mass is 10.1. The molecular weight excluding hydrogens is 258 g/mol. The van der Waals surface area contributed by atoms with E-state index in [1.807, 2.05) is 6.20 Å². The van der Waals surface area contributed by atoms with Gasteiger partial charge >= 0.3 is 0 Å². The largest absolute Gasteiger partial charge is 0.313 e. The summed E-state index contributed by atoms with van der Waals surface area (Å²) in [5.74, 6) is 1.39. The molecule has 1 aromatic rings. The van der Waals surface area contributed by atoms with Gasteiger partial charge in [-0.25, -0.2) is 0 Å². The highest BCUT2D eigenvalue weighted by molar-refractivity contribution is 5.14. The molecule has 1 N–H and O–H groups in total. The van der Waals surface area contributed by atoms with Gasteiger partial charge in [0.1, 0.15) is 0 Å². The highest BCUT2D eigenvalue weighted by Gasteiger charge is 2.10. The lowest BCUT2D eigenvalue weighted by molar-refractivity contribution is 0.209. The Balaban J connectivity index is 2.54. The molecule has 1 rings (SSSR count). The smallest absolute Gasteiger partial charge is 0.0544 e. The van der Waals surface area contributed by atoms with Crippen molar-refractivity contribution in [2.75, 3.05) is 19.6 Å². The minimum Gasteiger partial charge on any atom is -0.313 e. The summed E-state index contributed by atoms with van der Waals surface area (Å²) in [5, 5.41) is 3.41. The van der Waals surface area contributed by atoms with E-state index in [1.54, 1.807) is 0 Å². The van der Waals surface area contributed by atoms with Crippen LogP contribution in [-0.4, -0.2) is 29.5 Å². The minimum atomic E-state index is 0.696. The van der Waals surface area contributed by atoms with Crippen molar-refractivity contribution < 1.29 is 0 Å². The maximum atomic E-state index is 4.63. The van der Waals surface area contributed by atoms with E-state index in [0.29, 0.717) is 11.8 Å². The minimum absolute atomic E-state index is 0.696. The Morgan fingerprint density at radius 2 is 1.76 bits per heavy atom. The van der Waals surface area contributed by atoms with Gasteiger partial charge in [-0.05, 0) is 36.4 Å². The molecule has 120 valence electrons. The summed E-state index contributed by atoms with van der Waals surface area (Å²) in [6.07, 6.45) is 3.19. The maximum Gasteiger partial charge on any atom is 0.0544 e. The molecule has 3 nitrogen and oxygen atoms in total. The molecule has 1 heterocycles. The van der Waals surface area contributed by atoms with Crippen LogP contribution in [0.1, 0.15) is 52.3 Å². The third-order valence-corrected chi connectivity index (χ3v) is 3.27. The van der Waals surface area contributed by atoms with E-state index in [0.717, 1.165) is 32.7 Å². The van der Waals surface area contributed by atoms with Crippen LogP contribution >= 0.6 is 0 Å². The number of pyridine rings is 1. The molecule has 3 heteroatoms. The van der Waals surface area contributed by atoms with Crippen molar-refractivity contribution >= 4 is 0 Å². The fourth-order valence-corrected chi connectivity index (χ4v) is 2.53. The van der Waals surface area contributed by atoms with Gasteiger partial charge in [-0.1, -0.05) is 40.7 Å². The summed E-state index contributed by atoms with van der Waals surface area (Å²) >= 11 is 0. The van der Waals surface area contributed by atoms with Gasteiger partial charge in [-0.2, -0.15) is 0 Å². The molecule has 0 amide bonds. The van der Waals surface area contributed by atoms with Crippen molar-refractivity contribution in [2.45, 2.75) is 54.1 Å². The van der Waals surface area contributed by atoms with Crippen molar-refractivity contribution in [1.82, 2.24) is 15.2 Å². The molecule has 0 radical (unpaired) electrons. The van der Waals surface area contributed by atoms with Gasteiger partial charge < -0.3 is 5.32 Å². The fourth-order valence-electron chi connectivity index (χ4n) is 2.53. The first kappa shape index (κ1) is 18.1. The Labute approximate surface area is 131 Å². The van der Waals surface area contributed by atoms with Crippen molar-refractivity contribution in [3.8, 4) is 0 Å². The molecule has 0 aromatic carbocycles. The SMILES string of the molecule is CCCNCc1ccc(CN(CC(C)C)CC(C)C)nc1. The van der Waals surface area contributed by atoms with E-state index in [-0.39, 0.29) is 0 Å². The molecule has 0 saturated carbocycles. The average Bonchev–Trinajstić information content (AvgIpc) is 2.39. The van der Waals surface area contributed by atoms with Crippen molar-refractivity contribution in [3.05, 3.63) is 29.6 Å². The van der Waals surface area contributed by atoms with E-state index in [1.165, 1.54) is 17.7 Å². The van der Waals surface area contributed by atoms with E-state index in [9.17, 15) is 0 Å². The second-order valence-corrected chi connectivity index (χ2v) is 6.82. The summed E-state index contributed by atoms with van der Waals surface area (Å²) in [6, 6.07) is 4.38. The number of nitrogens with zero attached hydrogens (tertiary/aromatic N) is 2. The lowest BCUT2D eigenvalue weighted by Gasteiger charge is -2.25. The first-order valence-electron chi connectivity index (χ1n) is 8.38. The zero-order valence-corrected chi connectivity index (χ0v) is 14.5. The Kier molecular flexibility index (Phi) is 8.55. The molecule has 21 heavy (non-hydrogen) atoms. The average molecular weight is 291 g/mol. The van der Waals surface area contributed by atoms with Gasteiger partial charge in [0.05, 0.1) is 5.69 Å². The quantitative estimate of drug-likeness (QED) is 0.666. The monoisotopic (exact) mass is 291 g/mol. The topological polar surface area (TPSA) is 28.2 Å². The molecular formula is C18H33N3. The molecule has 0 unspecified atom stereocenters. The fraction of sp³-hybridized carbons (Fsp3) is 0.722. The molecule has 0 aliphatic heterocycles. The van der Waals surface area contributed by atoms with E-state index in [4.69, 9.17) is 0 Å². The number of hydrogen-bond donors (Lipinski definition) is 1. The zero-order valence-electron chi connectivity index (χ0n) is 14.5. The summed E-state index contributed by atoms with van der Waals surface area (Å²) in [7, 11) is 0. The van der Waals surface area contributed by atoms with Crippen LogP contribution in [0.15, 0.2) is 18.3 Å². The molecule has 0 spiro atoms. The van der Waals surface area contributed by atoms with E-state index in [2.05, 4.69) is 62.0 Å². The molecule has 0 fully saturated rings.